The standard InChI is InChI=1S/C18H22N4O5/c1-18(13-6-8-14(9-7-13)22(26)27)16(24)21(17(25)19-18)12-15(23)20-10-4-2-3-5-11-20/h6-9H,2-5,10-12H2,1H3,(H,19,25)/t18-/m1/s1. The second-order valence-corrected chi connectivity index (χ2v) is 7.05. The maximum Gasteiger partial charge on any atom is 0.325 e. The first-order valence-electron chi connectivity index (χ1n) is 9.00. The van der Waals surface area contributed by atoms with Gasteiger partial charge in [-0.15, -0.1) is 0 Å². The third kappa shape index (κ3) is 3.62. The van der Waals surface area contributed by atoms with Crippen molar-refractivity contribution in [1.82, 2.24) is 15.1 Å². The molecule has 2 fully saturated rings. The summed E-state index contributed by atoms with van der Waals surface area (Å²) in [5.41, 5.74) is -1.03. The van der Waals surface area contributed by atoms with Gasteiger partial charge in [0.25, 0.3) is 11.6 Å². The van der Waals surface area contributed by atoms with E-state index in [0.29, 0.717) is 18.7 Å². The van der Waals surface area contributed by atoms with E-state index in [2.05, 4.69) is 5.32 Å². The van der Waals surface area contributed by atoms with Crippen molar-refractivity contribution in [2.45, 2.75) is 38.1 Å². The molecule has 1 atom stereocenters. The summed E-state index contributed by atoms with van der Waals surface area (Å²) in [4.78, 5) is 50.7. The number of benzene rings is 1. The second kappa shape index (κ2) is 7.34. The van der Waals surface area contributed by atoms with Crippen molar-refractivity contribution in [3.8, 4) is 0 Å². The van der Waals surface area contributed by atoms with Crippen LogP contribution < -0.4 is 5.32 Å². The number of nitro benzene ring substituents is 1. The van der Waals surface area contributed by atoms with Crippen LogP contribution in [0.3, 0.4) is 0 Å². The van der Waals surface area contributed by atoms with Gasteiger partial charge in [-0.05, 0) is 37.5 Å². The van der Waals surface area contributed by atoms with Gasteiger partial charge in [-0.3, -0.25) is 24.6 Å². The lowest BCUT2D eigenvalue weighted by Crippen LogP contribution is -2.44. The molecule has 0 spiro atoms. The molecule has 9 nitrogen and oxygen atoms in total. The Morgan fingerprint density at radius 3 is 2.30 bits per heavy atom. The summed E-state index contributed by atoms with van der Waals surface area (Å²) in [5.74, 6) is -0.780. The van der Waals surface area contributed by atoms with Gasteiger partial charge in [-0.2, -0.15) is 0 Å². The van der Waals surface area contributed by atoms with Crippen LogP contribution in [-0.4, -0.2) is 52.2 Å². The van der Waals surface area contributed by atoms with Crippen molar-refractivity contribution >= 4 is 23.5 Å². The van der Waals surface area contributed by atoms with Crippen molar-refractivity contribution in [1.29, 1.82) is 0 Å². The number of nitrogens with zero attached hydrogens (tertiary/aromatic N) is 3. The molecule has 0 bridgehead atoms. The number of amides is 4. The number of carbonyl (C=O) groups is 3. The molecule has 2 heterocycles. The zero-order valence-corrected chi connectivity index (χ0v) is 15.1. The molecule has 1 aromatic carbocycles. The Bertz CT molecular complexity index is 770. The van der Waals surface area contributed by atoms with E-state index in [1.165, 1.54) is 31.2 Å². The molecule has 4 amide bonds. The number of rotatable bonds is 4. The molecule has 27 heavy (non-hydrogen) atoms. The van der Waals surface area contributed by atoms with E-state index < -0.39 is 22.4 Å². The fourth-order valence-corrected chi connectivity index (χ4v) is 3.51. The fraction of sp³-hybridized carbons (Fsp3) is 0.500. The summed E-state index contributed by atoms with van der Waals surface area (Å²) in [7, 11) is 0. The number of nitro groups is 1. The van der Waals surface area contributed by atoms with Crippen LogP contribution >= 0.6 is 0 Å². The van der Waals surface area contributed by atoms with Crippen LogP contribution in [0.2, 0.25) is 0 Å². The predicted octanol–water partition coefficient (Wildman–Crippen LogP) is 1.76. The lowest BCUT2D eigenvalue weighted by molar-refractivity contribution is -0.384. The first-order chi connectivity index (χ1) is 12.8. The molecule has 2 aliphatic rings. The lowest BCUT2D eigenvalue weighted by atomic mass is 9.92. The number of imide groups is 1. The SMILES string of the molecule is C[C@]1(c2ccc([N+](=O)[O-])cc2)NC(=O)N(CC(=O)N2CCCCCC2)C1=O. The van der Waals surface area contributed by atoms with Crippen molar-refractivity contribution in [2.24, 2.45) is 0 Å². The Labute approximate surface area is 156 Å². The topological polar surface area (TPSA) is 113 Å². The molecule has 1 aromatic rings. The van der Waals surface area contributed by atoms with Crippen molar-refractivity contribution < 1.29 is 19.3 Å². The molecule has 0 saturated carbocycles. The molecular weight excluding hydrogens is 352 g/mol. The highest BCUT2D eigenvalue weighted by atomic mass is 16.6. The molecule has 2 aliphatic heterocycles. The van der Waals surface area contributed by atoms with Gasteiger partial charge in [-0.1, -0.05) is 12.8 Å². The van der Waals surface area contributed by atoms with Gasteiger partial charge in [0.2, 0.25) is 5.91 Å². The Hall–Kier alpha value is -2.97. The number of urea groups is 1. The van der Waals surface area contributed by atoms with E-state index in [4.69, 9.17) is 0 Å². The molecule has 0 aromatic heterocycles. The Balaban J connectivity index is 1.75. The first kappa shape index (κ1) is 18.8. The molecule has 2 saturated heterocycles. The van der Waals surface area contributed by atoms with Gasteiger partial charge < -0.3 is 10.2 Å². The monoisotopic (exact) mass is 374 g/mol. The molecule has 0 aliphatic carbocycles. The Morgan fingerprint density at radius 1 is 1.15 bits per heavy atom. The van der Waals surface area contributed by atoms with Crippen molar-refractivity contribution in [3.63, 3.8) is 0 Å². The van der Waals surface area contributed by atoms with Crippen LogP contribution in [0.25, 0.3) is 0 Å². The third-order valence-electron chi connectivity index (χ3n) is 5.18. The fourth-order valence-electron chi connectivity index (χ4n) is 3.51. The Kier molecular flexibility index (Phi) is 5.11. The largest absolute Gasteiger partial charge is 0.341 e. The molecule has 9 heteroatoms. The highest BCUT2D eigenvalue weighted by Crippen LogP contribution is 2.30. The average molecular weight is 374 g/mol. The quantitative estimate of drug-likeness (QED) is 0.490. The minimum Gasteiger partial charge on any atom is -0.341 e. The highest BCUT2D eigenvalue weighted by molar-refractivity contribution is 6.09. The number of non-ortho nitro benzene ring substituents is 1. The van der Waals surface area contributed by atoms with Crippen LogP contribution in [0.5, 0.6) is 0 Å². The average Bonchev–Trinajstić information content (AvgIpc) is 2.85. The molecule has 144 valence electrons. The first-order valence-corrected chi connectivity index (χ1v) is 9.00. The molecule has 0 unspecified atom stereocenters. The summed E-state index contributed by atoms with van der Waals surface area (Å²) >= 11 is 0. The zero-order valence-electron chi connectivity index (χ0n) is 15.1. The van der Waals surface area contributed by atoms with Crippen LogP contribution in [0.4, 0.5) is 10.5 Å². The van der Waals surface area contributed by atoms with Crippen LogP contribution in [0, 0.1) is 10.1 Å². The summed E-state index contributed by atoms with van der Waals surface area (Å²) in [6.45, 7) is 2.52. The number of hydrogen-bond donors (Lipinski definition) is 1. The van der Waals surface area contributed by atoms with Gasteiger partial charge in [0.15, 0.2) is 0 Å². The lowest BCUT2D eigenvalue weighted by Gasteiger charge is -2.24. The number of likely N-dealkylation sites (tertiary alicyclic amines) is 1. The zero-order chi connectivity index (χ0) is 19.6. The smallest absolute Gasteiger partial charge is 0.325 e. The maximum atomic E-state index is 12.9. The van der Waals surface area contributed by atoms with Gasteiger partial charge in [-0.25, -0.2) is 4.79 Å². The molecule has 1 N–H and O–H groups in total. The van der Waals surface area contributed by atoms with Crippen molar-refractivity contribution in [2.75, 3.05) is 19.6 Å². The van der Waals surface area contributed by atoms with Gasteiger partial charge >= 0.3 is 6.03 Å². The summed E-state index contributed by atoms with van der Waals surface area (Å²) < 4.78 is 0. The number of hydrogen-bond acceptors (Lipinski definition) is 5. The van der Waals surface area contributed by atoms with Gasteiger partial charge in [0, 0.05) is 25.2 Å². The third-order valence-corrected chi connectivity index (χ3v) is 5.18. The molecule has 3 rings (SSSR count). The summed E-state index contributed by atoms with van der Waals surface area (Å²) in [5, 5.41) is 13.4. The predicted molar refractivity (Wildman–Crippen MR) is 95.7 cm³/mol. The molecule has 0 radical (unpaired) electrons. The summed E-state index contributed by atoms with van der Waals surface area (Å²) in [6.07, 6.45) is 4.00. The van der Waals surface area contributed by atoms with Crippen LogP contribution in [-0.2, 0) is 15.1 Å². The minimum atomic E-state index is -1.36. The van der Waals surface area contributed by atoms with E-state index in [-0.39, 0.29) is 18.1 Å². The summed E-state index contributed by atoms with van der Waals surface area (Å²) in [6, 6.07) is 4.81. The minimum absolute atomic E-state index is 0.104. The van der Waals surface area contributed by atoms with Gasteiger partial charge in [0.05, 0.1) is 4.92 Å². The number of nitrogens with one attached hydrogen (secondary N) is 1. The second-order valence-electron chi connectivity index (χ2n) is 7.05. The van der Waals surface area contributed by atoms with Gasteiger partial charge in [0.1, 0.15) is 12.1 Å². The van der Waals surface area contributed by atoms with Crippen molar-refractivity contribution in [3.05, 3.63) is 39.9 Å². The van der Waals surface area contributed by atoms with Crippen LogP contribution in [0.1, 0.15) is 38.2 Å². The number of carbonyl (C=O) groups excluding carboxylic acids is 3. The van der Waals surface area contributed by atoms with E-state index >= 15 is 0 Å². The van der Waals surface area contributed by atoms with E-state index in [0.717, 1.165) is 30.6 Å². The van der Waals surface area contributed by atoms with E-state index in [1.807, 2.05) is 0 Å². The van der Waals surface area contributed by atoms with E-state index in [9.17, 15) is 24.5 Å². The normalized spacial score (nSPS) is 23.1. The van der Waals surface area contributed by atoms with Crippen LogP contribution in [0.15, 0.2) is 24.3 Å². The Morgan fingerprint density at radius 2 is 1.74 bits per heavy atom. The molecular formula is C18H22N4O5. The van der Waals surface area contributed by atoms with E-state index in [1.54, 1.807) is 4.90 Å². The highest BCUT2D eigenvalue weighted by Gasteiger charge is 2.49. The maximum absolute atomic E-state index is 12.9.